The number of nitrogens with one attached hydrogen (secondary N) is 1. The van der Waals surface area contributed by atoms with Gasteiger partial charge in [-0.05, 0) is 30.7 Å². The highest BCUT2D eigenvalue weighted by Crippen LogP contribution is 2.29. The molecule has 110 valence electrons. The Morgan fingerprint density at radius 1 is 0.905 bits per heavy atom. The number of para-hydroxylation sites is 2. The topological polar surface area (TPSA) is 24.5 Å². The second-order valence-electron chi connectivity index (χ2n) is 5.33. The monoisotopic (exact) mass is 282 g/mol. The van der Waals surface area contributed by atoms with Crippen molar-refractivity contribution in [1.29, 1.82) is 0 Å². The largest absolute Gasteiger partial charge is 0.487 e. The van der Waals surface area contributed by atoms with Crippen LogP contribution in [0.5, 0.6) is 5.75 Å². The summed E-state index contributed by atoms with van der Waals surface area (Å²) >= 11 is 0. The first-order valence-corrected chi connectivity index (χ1v) is 7.65. The van der Waals surface area contributed by atoms with Gasteiger partial charge in [0.05, 0.1) is 5.69 Å². The van der Waals surface area contributed by atoms with Crippen LogP contribution < -0.4 is 15.0 Å². The maximum Gasteiger partial charge on any atom is 0.143 e. The van der Waals surface area contributed by atoms with Crippen LogP contribution in [0, 0.1) is 0 Å². The molecule has 0 radical (unpaired) electrons. The van der Waals surface area contributed by atoms with Crippen LogP contribution in [0.25, 0.3) is 0 Å². The van der Waals surface area contributed by atoms with E-state index in [1.54, 1.807) is 0 Å². The first kappa shape index (κ1) is 14.0. The summed E-state index contributed by atoms with van der Waals surface area (Å²) in [5.41, 5.74) is 2.40. The Balaban J connectivity index is 1.72. The Morgan fingerprint density at radius 3 is 2.62 bits per heavy atom. The van der Waals surface area contributed by atoms with Crippen molar-refractivity contribution in [2.45, 2.75) is 13.0 Å². The van der Waals surface area contributed by atoms with E-state index in [0.29, 0.717) is 6.61 Å². The fraction of sp³-hybridized carbons (Fsp3) is 0.333. The first-order chi connectivity index (χ1) is 10.4. The van der Waals surface area contributed by atoms with Crippen molar-refractivity contribution in [3.63, 3.8) is 0 Å². The summed E-state index contributed by atoms with van der Waals surface area (Å²) in [4.78, 5) is 2.42. The van der Waals surface area contributed by atoms with Gasteiger partial charge in [0.25, 0.3) is 0 Å². The molecule has 1 aliphatic heterocycles. The number of benzene rings is 2. The maximum atomic E-state index is 6.06. The molecule has 0 atom stereocenters. The van der Waals surface area contributed by atoms with Crippen LogP contribution in [-0.2, 0) is 6.61 Å². The molecule has 3 heteroatoms. The third kappa shape index (κ3) is 3.76. The number of anilines is 1. The van der Waals surface area contributed by atoms with Crippen LogP contribution in [0.15, 0.2) is 54.6 Å². The molecular formula is C18H22N2O. The number of rotatable bonds is 4. The summed E-state index contributed by atoms with van der Waals surface area (Å²) in [6, 6.07) is 18.7. The Kier molecular flexibility index (Phi) is 4.74. The highest BCUT2D eigenvalue weighted by molar-refractivity contribution is 5.58. The van der Waals surface area contributed by atoms with E-state index in [1.165, 1.54) is 17.7 Å². The predicted octanol–water partition coefficient (Wildman–Crippen LogP) is 3.07. The van der Waals surface area contributed by atoms with Gasteiger partial charge in [0.15, 0.2) is 0 Å². The third-order valence-corrected chi connectivity index (χ3v) is 3.78. The van der Waals surface area contributed by atoms with E-state index >= 15 is 0 Å². The number of nitrogens with zero attached hydrogens (tertiary/aromatic N) is 1. The molecule has 3 rings (SSSR count). The van der Waals surface area contributed by atoms with Crippen molar-refractivity contribution in [1.82, 2.24) is 5.32 Å². The van der Waals surface area contributed by atoms with Gasteiger partial charge in [-0.2, -0.15) is 0 Å². The van der Waals surface area contributed by atoms with E-state index < -0.39 is 0 Å². The van der Waals surface area contributed by atoms with Crippen molar-refractivity contribution in [2.24, 2.45) is 0 Å². The molecule has 0 spiro atoms. The van der Waals surface area contributed by atoms with E-state index in [1.807, 2.05) is 24.3 Å². The molecular weight excluding hydrogens is 260 g/mol. The highest BCUT2D eigenvalue weighted by atomic mass is 16.5. The summed E-state index contributed by atoms with van der Waals surface area (Å²) in [5, 5.41) is 3.44. The normalized spacial score (nSPS) is 15.5. The van der Waals surface area contributed by atoms with E-state index in [4.69, 9.17) is 4.74 Å². The van der Waals surface area contributed by atoms with E-state index in [9.17, 15) is 0 Å². The second kappa shape index (κ2) is 7.14. The molecule has 2 aromatic rings. The number of hydrogen-bond acceptors (Lipinski definition) is 3. The van der Waals surface area contributed by atoms with Gasteiger partial charge in [0.1, 0.15) is 12.4 Å². The fourth-order valence-electron chi connectivity index (χ4n) is 2.66. The van der Waals surface area contributed by atoms with E-state index in [2.05, 4.69) is 40.5 Å². The van der Waals surface area contributed by atoms with Crippen LogP contribution in [0.1, 0.15) is 12.0 Å². The van der Waals surface area contributed by atoms with Gasteiger partial charge in [0, 0.05) is 19.6 Å². The molecule has 2 aromatic carbocycles. The Bertz CT molecular complexity index is 548. The lowest BCUT2D eigenvalue weighted by Gasteiger charge is -2.24. The van der Waals surface area contributed by atoms with Gasteiger partial charge < -0.3 is 15.0 Å². The van der Waals surface area contributed by atoms with Gasteiger partial charge in [0.2, 0.25) is 0 Å². The van der Waals surface area contributed by atoms with Crippen molar-refractivity contribution in [3.05, 3.63) is 60.2 Å². The number of hydrogen-bond donors (Lipinski definition) is 1. The highest BCUT2D eigenvalue weighted by Gasteiger charge is 2.13. The van der Waals surface area contributed by atoms with Gasteiger partial charge in [-0.1, -0.05) is 42.5 Å². The molecule has 1 aliphatic rings. The third-order valence-electron chi connectivity index (χ3n) is 3.78. The van der Waals surface area contributed by atoms with E-state index in [-0.39, 0.29) is 0 Å². The minimum absolute atomic E-state index is 0.615. The van der Waals surface area contributed by atoms with Crippen LogP contribution in [0.4, 0.5) is 5.69 Å². The van der Waals surface area contributed by atoms with Crippen molar-refractivity contribution in [3.8, 4) is 5.75 Å². The van der Waals surface area contributed by atoms with Crippen LogP contribution in [-0.4, -0.2) is 26.2 Å². The summed E-state index contributed by atoms with van der Waals surface area (Å²) in [6.07, 6.45) is 1.17. The zero-order chi connectivity index (χ0) is 14.3. The van der Waals surface area contributed by atoms with Gasteiger partial charge >= 0.3 is 0 Å². The zero-order valence-corrected chi connectivity index (χ0v) is 12.3. The number of ether oxygens (including phenoxy) is 1. The molecule has 0 bridgehead atoms. The van der Waals surface area contributed by atoms with Crippen LogP contribution >= 0.6 is 0 Å². The molecule has 0 aromatic heterocycles. The molecule has 1 N–H and O–H groups in total. The Morgan fingerprint density at radius 2 is 1.71 bits per heavy atom. The molecule has 0 saturated carbocycles. The smallest absolute Gasteiger partial charge is 0.143 e. The maximum absolute atomic E-state index is 6.06. The molecule has 3 nitrogen and oxygen atoms in total. The molecule has 0 aliphatic carbocycles. The van der Waals surface area contributed by atoms with Gasteiger partial charge in [-0.25, -0.2) is 0 Å². The van der Waals surface area contributed by atoms with Crippen LogP contribution in [0.3, 0.4) is 0 Å². The summed E-state index contributed by atoms with van der Waals surface area (Å²) < 4.78 is 6.06. The van der Waals surface area contributed by atoms with Crippen molar-refractivity contribution >= 4 is 5.69 Å². The minimum Gasteiger partial charge on any atom is -0.487 e. The molecule has 21 heavy (non-hydrogen) atoms. The average molecular weight is 282 g/mol. The minimum atomic E-state index is 0.615. The Labute approximate surface area is 126 Å². The Hall–Kier alpha value is -2.00. The molecule has 0 amide bonds. The SMILES string of the molecule is c1ccc(COc2ccccc2N2CCCNCC2)cc1. The lowest BCUT2D eigenvalue weighted by molar-refractivity contribution is 0.306. The van der Waals surface area contributed by atoms with Gasteiger partial charge in [-0.15, -0.1) is 0 Å². The van der Waals surface area contributed by atoms with E-state index in [0.717, 1.165) is 31.9 Å². The lowest BCUT2D eigenvalue weighted by atomic mass is 10.2. The van der Waals surface area contributed by atoms with Crippen LogP contribution in [0.2, 0.25) is 0 Å². The predicted molar refractivity (Wildman–Crippen MR) is 86.9 cm³/mol. The first-order valence-electron chi connectivity index (χ1n) is 7.65. The quantitative estimate of drug-likeness (QED) is 0.932. The zero-order valence-electron chi connectivity index (χ0n) is 12.3. The fourth-order valence-corrected chi connectivity index (χ4v) is 2.66. The standard InChI is InChI=1S/C18H22N2O/c1-2-7-16(8-3-1)15-21-18-10-5-4-9-17(18)20-13-6-11-19-12-14-20/h1-5,7-10,19H,6,11-15H2. The lowest BCUT2D eigenvalue weighted by Crippen LogP contribution is -2.28. The molecule has 1 saturated heterocycles. The van der Waals surface area contributed by atoms with Crippen molar-refractivity contribution in [2.75, 3.05) is 31.1 Å². The van der Waals surface area contributed by atoms with Crippen molar-refractivity contribution < 1.29 is 4.74 Å². The van der Waals surface area contributed by atoms with Gasteiger partial charge in [-0.3, -0.25) is 0 Å². The molecule has 1 fully saturated rings. The summed E-state index contributed by atoms with van der Waals surface area (Å²) in [5.74, 6) is 0.975. The molecule has 0 unspecified atom stereocenters. The summed E-state index contributed by atoms with van der Waals surface area (Å²) in [6.45, 7) is 4.87. The average Bonchev–Trinajstić information content (AvgIpc) is 2.83. The second-order valence-corrected chi connectivity index (χ2v) is 5.33. The molecule has 1 heterocycles. The summed E-state index contributed by atoms with van der Waals surface area (Å²) in [7, 11) is 0.